The summed E-state index contributed by atoms with van der Waals surface area (Å²) < 4.78 is 10.5. The molecule has 8 heteroatoms. The first-order valence-corrected chi connectivity index (χ1v) is 8.65. The van der Waals surface area contributed by atoms with Crippen molar-refractivity contribution < 1.29 is 24.2 Å². The fourth-order valence-electron chi connectivity index (χ4n) is 2.33. The van der Waals surface area contributed by atoms with Crippen LogP contribution in [0.3, 0.4) is 0 Å². The average Bonchev–Trinajstić information content (AvgIpc) is 3.01. The number of nitrogens with zero attached hydrogens (tertiary/aromatic N) is 1. The van der Waals surface area contributed by atoms with Crippen LogP contribution in [0, 0.1) is 0 Å². The van der Waals surface area contributed by atoms with Crippen LogP contribution in [0.1, 0.15) is 15.9 Å². The van der Waals surface area contributed by atoms with Crippen molar-refractivity contribution in [1.82, 2.24) is 5.32 Å². The van der Waals surface area contributed by atoms with E-state index in [1.165, 1.54) is 31.0 Å². The lowest BCUT2D eigenvalue weighted by Crippen LogP contribution is -2.21. The molecule has 0 aromatic heterocycles. The second-order valence-electron chi connectivity index (χ2n) is 5.43. The number of amides is 1. The highest BCUT2D eigenvalue weighted by Gasteiger charge is 2.24. The van der Waals surface area contributed by atoms with E-state index in [1.807, 2.05) is 0 Å². The molecule has 1 saturated heterocycles. The van der Waals surface area contributed by atoms with Crippen molar-refractivity contribution in [1.29, 1.82) is 0 Å². The smallest absolute Gasteiger partial charge is 0.264 e. The number of amidine groups is 1. The quantitative estimate of drug-likeness (QED) is 0.793. The third-order valence-electron chi connectivity index (χ3n) is 3.70. The van der Waals surface area contributed by atoms with Crippen LogP contribution in [0.2, 0.25) is 0 Å². The van der Waals surface area contributed by atoms with Crippen molar-refractivity contribution in [2.75, 3.05) is 14.2 Å². The summed E-state index contributed by atoms with van der Waals surface area (Å²) in [7, 11) is 3.09. The number of methoxy groups -OCH3 is 2. The molecule has 1 heterocycles. The van der Waals surface area contributed by atoms with E-state index in [9.17, 15) is 14.7 Å². The van der Waals surface area contributed by atoms with Crippen LogP contribution >= 0.6 is 11.8 Å². The van der Waals surface area contributed by atoms with Gasteiger partial charge in [0, 0.05) is 6.07 Å². The molecule has 0 atom stereocenters. The van der Waals surface area contributed by atoms with E-state index in [-0.39, 0.29) is 11.5 Å². The molecule has 0 spiro atoms. The van der Waals surface area contributed by atoms with Crippen molar-refractivity contribution in [2.24, 2.45) is 4.99 Å². The van der Waals surface area contributed by atoms with Crippen LogP contribution in [0.4, 0.5) is 5.69 Å². The van der Waals surface area contributed by atoms with Crippen molar-refractivity contribution >= 4 is 40.6 Å². The number of hydrogen-bond donors (Lipinski definition) is 1. The fraction of sp³-hybridized carbons (Fsp3) is 0.105. The number of carboxylic acids is 1. The lowest BCUT2D eigenvalue weighted by atomic mass is 10.1. The van der Waals surface area contributed by atoms with Crippen LogP contribution in [0.15, 0.2) is 52.4 Å². The summed E-state index contributed by atoms with van der Waals surface area (Å²) in [6.45, 7) is 0. The van der Waals surface area contributed by atoms with Gasteiger partial charge < -0.3 is 24.7 Å². The largest absolute Gasteiger partial charge is 0.545 e. The first kappa shape index (κ1) is 18.5. The third kappa shape index (κ3) is 4.29. The third-order valence-corrected chi connectivity index (χ3v) is 4.61. The van der Waals surface area contributed by atoms with Gasteiger partial charge >= 0.3 is 0 Å². The highest BCUT2D eigenvalue weighted by molar-refractivity contribution is 8.18. The Balaban J connectivity index is 1.82. The van der Waals surface area contributed by atoms with Crippen molar-refractivity contribution in [3.63, 3.8) is 0 Å². The van der Waals surface area contributed by atoms with E-state index in [2.05, 4.69) is 10.3 Å². The molecule has 0 radical (unpaired) electrons. The highest BCUT2D eigenvalue weighted by atomic mass is 32.2. The molecule has 0 saturated carbocycles. The van der Waals surface area contributed by atoms with Gasteiger partial charge in [0.2, 0.25) is 0 Å². The number of ether oxygens (including phenoxy) is 2. The zero-order valence-electron chi connectivity index (χ0n) is 14.5. The predicted octanol–water partition coefficient (Wildman–Crippen LogP) is 1.96. The van der Waals surface area contributed by atoms with Gasteiger partial charge in [-0.05, 0) is 41.1 Å². The molecular weight excluding hydrogens is 368 g/mol. The summed E-state index contributed by atoms with van der Waals surface area (Å²) in [6, 6.07) is 11.3. The number of carboxylic acid groups (broad SMARTS) is 1. The summed E-state index contributed by atoms with van der Waals surface area (Å²) in [4.78, 5) is 27.8. The van der Waals surface area contributed by atoms with E-state index >= 15 is 0 Å². The highest BCUT2D eigenvalue weighted by Crippen LogP contribution is 2.34. The van der Waals surface area contributed by atoms with Gasteiger partial charge in [-0.25, -0.2) is 4.99 Å². The Morgan fingerprint density at radius 2 is 1.89 bits per heavy atom. The standard InChI is InChI=1S/C19H16N2O5S/c1-25-13-7-8-14(15(10-13)26-2)20-19-21-17(22)16(27-19)9-11-3-5-12(6-4-11)18(23)24/h3-10H,1-2H3,(H,23,24)(H,20,21,22)/p-1/b16-9-. The molecule has 3 rings (SSSR count). The van der Waals surface area contributed by atoms with Crippen molar-refractivity contribution in [3.8, 4) is 11.5 Å². The topological polar surface area (TPSA) is 100 Å². The molecular formula is C19H15N2O5S-. The fourth-order valence-corrected chi connectivity index (χ4v) is 3.17. The Morgan fingerprint density at radius 1 is 1.15 bits per heavy atom. The van der Waals surface area contributed by atoms with E-state index in [1.54, 1.807) is 43.5 Å². The van der Waals surface area contributed by atoms with Crippen molar-refractivity contribution in [2.45, 2.75) is 0 Å². The first-order valence-electron chi connectivity index (χ1n) is 7.83. The van der Waals surface area contributed by atoms with Crippen LogP contribution in [0.5, 0.6) is 11.5 Å². The molecule has 2 aromatic carbocycles. The molecule has 0 bridgehead atoms. The maximum absolute atomic E-state index is 12.2. The number of nitrogens with one attached hydrogen (secondary N) is 1. The van der Waals surface area contributed by atoms with Gasteiger partial charge in [-0.2, -0.15) is 0 Å². The summed E-state index contributed by atoms with van der Waals surface area (Å²) in [5, 5.41) is 13.9. The molecule has 7 nitrogen and oxygen atoms in total. The molecule has 1 aliphatic heterocycles. The molecule has 138 valence electrons. The molecule has 27 heavy (non-hydrogen) atoms. The number of benzene rings is 2. The number of thioether (sulfide) groups is 1. The first-order chi connectivity index (χ1) is 13.0. The van der Waals surface area contributed by atoms with E-state index in [0.29, 0.717) is 32.8 Å². The number of hydrogen-bond acceptors (Lipinski definition) is 7. The maximum Gasteiger partial charge on any atom is 0.264 e. The Kier molecular flexibility index (Phi) is 5.46. The molecule has 1 fully saturated rings. The molecule has 1 N–H and O–H groups in total. The SMILES string of the molecule is COc1ccc(N=C2NC(=O)/C(=C/c3ccc(C(=O)[O-])cc3)S2)c(OC)c1. The lowest BCUT2D eigenvalue weighted by Gasteiger charge is -2.07. The summed E-state index contributed by atoms with van der Waals surface area (Å²) in [5.74, 6) is -0.369. The number of carbonyl (C=O) groups is 2. The summed E-state index contributed by atoms with van der Waals surface area (Å²) >= 11 is 1.18. The molecule has 1 amide bonds. The Labute approximate surface area is 159 Å². The van der Waals surface area contributed by atoms with Gasteiger partial charge in [0.05, 0.1) is 25.1 Å². The normalized spacial score (nSPS) is 16.4. The van der Waals surface area contributed by atoms with E-state index in [0.717, 1.165) is 0 Å². The maximum atomic E-state index is 12.2. The van der Waals surface area contributed by atoms with Crippen LogP contribution < -0.4 is 19.9 Å². The minimum Gasteiger partial charge on any atom is -0.545 e. The van der Waals surface area contributed by atoms with E-state index < -0.39 is 5.97 Å². The molecule has 0 unspecified atom stereocenters. The number of rotatable bonds is 5. The van der Waals surface area contributed by atoms with Crippen LogP contribution in [0.25, 0.3) is 6.08 Å². The average molecular weight is 383 g/mol. The zero-order chi connectivity index (χ0) is 19.4. The van der Waals surface area contributed by atoms with Crippen LogP contribution in [-0.4, -0.2) is 31.3 Å². The molecule has 2 aromatic rings. The zero-order valence-corrected chi connectivity index (χ0v) is 15.3. The summed E-state index contributed by atoms with van der Waals surface area (Å²) in [6.07, 6.45) is 1.66. The van der Waals surface area contributed by atoms with Gasteiger partial charge in [0.25, 0.3) is 5.91 Å². The Bertz CT molecular complexity index is 951. The minimum absolute atomic E-state index is 0.0783. The number of aromatic carboxylic acids is 1. The summed E-state index contributed by atoms with van der Waals surface area (Å²) in [5.41, 5.74) is 1.33. The number of carbonyl (C=O) groups excluding carboxylic acids is 2. The minimum atomic E-state index is -1.25. The van der Waals surface area contributed by atoms with E-state index in [4.69, 9.17) is 9.47 Å². The lowest BCUT2D eigenvalue weighted by molar-refractivity contribution is -0.255. The van der Waals surface area contributed by atoms with Crippen molar-refractivity contribution in [3.05, 3.63) is 58.5 Å². The Morgan fingerprint density at radius 3 is 2.52 bits per heavy atom. The van der Waals surface area contributed by atoms with Gasteiger partial charge in [0.1, 0.15) is 17.2 Å². The van der Waals surface area contributed by atoms with Gasteiger partial charge in [-0.15, -0.1) is 0 Å². The monoisotopic (exact) mass is 383 g/mol. The van der Waals surface area contributed by atoms with Gasteiger partial charge in [0.15, 0.2) is 5.17 Å². The molecule has 0 aliphatic carbocycles. The predicted molar refractivity (Wildman–Crippen MR) is 101 cm³/mol. The van der Waals surface area contributed by atoms with Gasteiger partial charge in [-0.3, -0.25) is 4.79 Å². The van der Waals surface area contributed by atoms with Gasteiger partial charge in [-0.1, -0.05) is 24.3 Å². The number of aliphatic imine (C=N–C) groups is 1. The second kappa shape index (κ2) is 7.96. The molecule has 1 aliphatic rings. The second-order valence-corrected chi connectivity index (χ2v) is 6.46. The van der Waals surface area contributed by atoms with Crippen LogP contribution in [-0.2, 0) is 4.79 Å². The Hall–Kier alpha value is -3.26.